The van der Waals surface area contributed by atoms with Crippen LogP contribution in [-0.4, -0.2) is 49.6 Å². The fourth-order valence-electron chi connectivity index (χ4n) is 1.43. The third kappa shape index (κ3) is 5.86. The Labute approximate surface area is 131 Å². The van der Waals surface area contributed by atoms with Crippen molar-refractivity contribution < 1.29 is 18.0 Å². The highest BCUT2D eigenvalue weighted by Gasteiger charge is 2.15. The van der Waals surface area contributed by atoms with E-state index in [1.165, 1.54) is 0 Å². The van der Waals surface area contributed by atoms with Gasteiger partial charge in [0, 0.05) is 13.1 Å². The largest absolute Gasteiger partial charge is 0.361 e. The zero-order chi connectivity index (χ0) is 16.7. The third-order valence-electron chi connectivity index (χ3n) is 2.56. The molecule has 0 atom stereocenters. The zero-order valence-electron chi connectivity index (χ0n) is 12.2. The molecular formula is C13H17F3N4OS. The van der Waals surface area contributed by atoms with Gasteiger partial charge < -0.3 is 20.9 Å². The highest BCUT2D eigenvalue weighted by atomic mass is 32.1. The predicted molar refractivity (Wildman–Crippen MR) is 82.1 cm³/mol. The van der Waals surface area contributed by atoms with E-state index in [-0.39, 0.29) is 11.7 Å². The summed E-state index contributed by atoms with van der Waals surface area (Å²) in [6.07, 6.45) is 0. The molecule has 0 aliphatic heterocycles. The van der Waals surface area contributed by atoms with Crippen molar-refractivity contribution in [2.75, 3.05) is 39.0 Å². The van der Waals surface area contributed by atoms with Crippen LogP contribution >= 0.6 is 12.2 Å². The van der Waals surface area contributed by atoms with Crippen LogP contribution in [0.3, 0.4) is 0 Å². The van der Waals surface area contributed by atoms with Crippen molar-refractivity contribution in [2.45, 2.75) is 0 Å². The lowest BCUT2D eigenvalue weighted by molar-refractivity contribution is -0.115. The molecule has 22 heavy (non-hydrogen) atoms. The Hall–Kier alpha value is -1.87. The first kappa shape index (κ1) is 18.2. The van der Waals surface area contributed by atoms with E-state index in [1.807, 2.05) is 19.0 Å². The molecule has 1 rings (SSSR count). The molecule has 0 fully saturated rings. The minimum absolute atomic E-state index is 0.230. The number of likely N-dealkylation sites (N-methyl/N-ethyl adjacent to an activating group) is 1. The Kier molecular flexibility index (Phi) is 7.06. The molecule has 122 valence electrons. The number of rotatable bonds is 6. The van der Waals surface area contributed by atoms with Gasteiger partial charge in [-0.3, -0.25) is 4.79 Å². The van der Waals surface area contributed by atoms with Gasteiger partial charge in [-0.1, -0.05) is 0 Å². The zero-order valence-corrected chi connectivity index (χ0v) is 13.0. The molecule has 0 saturated heterocycles. The Bertz CT molecular complexity index is 554. The van der Waals surface area contributed by atoms with Crippen molar-refractivity contribution in [3.8, 4) is 0 Å². The number of hydrogen-bond acceptors (Lipinski definition) is 3. The lowest BCUT2D eigenvalue weighted by atomic mass is 10.2. The van der Waals surface area contributed by atoms with Gasteiger partial charge in [0.05, 0.1) is 12.2 Å². The topological polar surface area (TPSA) is 56.4 Å². The Morgan fingerprint density at radius 1 is 1.18 bits per heavy atom. The molecule has 0 bridgehead atoms. The standard InChI is InChI=1S/C13H17F3N4OS/c1-20(2)6-5-17-13(22)18-7-10(21)19-9-4-3-8(14)11(15)12(9)16/h3-4H,5-7H2,1-2H3,(H,19,21)(H2,17,18,22). The molecule has 3 N–H and O–H groups in total. The van der Waals surface area contributed by atoms with Crippen LogP contribution in [0, 0.1) is 17.5 Å². The van der Waals surface area contributed by atoms with Gasteiger partial charge in [-0.05, 0) is 38.4 Å². The van der Waals surface area contributed by atoms with Gasteiger partial charge in [0.2, 0.25) is 5.91 Å². The van der Waals surface area contributed by atoms with E-state index in [4.69, 9.17) is 12.2 Å². The molecule has 0 radical (unpaired) electrons. The van der Waals surface area contributed by atoms with E-state index < -0.39 is 29.0 Å². The maximum Gasteiger partial charge on any atom is 0.243 e. The number of anilines is 1. The molecule has 0 aliphatic carbocycles. The number of nitrogens with one attached hydrogen (secondary N) is 3. The van der Waals surface area contributed by atoms with Crippen molar-refractivity contribution in [2.24, 2.45) is 0 Å². The molecule has 0 unspecified atom stereocenters. The minimum Gasteiger partial charge on any atom is -0.361 e. The number of nitrogens with zero attached hydrogens (tertiary/aromatic N) is 1. The molecule has 9 heteroatoms. The summed E-state index contributed by atoms with van der Waals surface area (Å²) < 4.78 is 39.1. The van der Waals surface area contributed by atoms with E-state index in [9.17, 15) is 18.0 Å². The fraction of sp³-hybridized carbons (Fsp3) is 0.385. The van der Waals surface area contributed by atoms with Gasteiger partial charge in [-0.15, -0.1) is 0 Å². The van der Waals surface area contributed by atoms with Crippen molar-refractivity contribution in [1.29, 1.82) is 0 Å². The molecule has 0 heterocycles. The SMILES string of the molecule is CN(C)CCNC(=S)NCC(=O)Nc1ccc(F)c(F)c1F. The summed E-state index contributed by atoms with van der Waals surface area (Å²) in [7, 11) is 3.81. The van der Waals surface area contributed by atoms with E-state index >= 15 is 0 Å². The third-order valence-corrected chi connectivity index (χ3v) is 2.85. The summed E-state index contributed by atoms with van der Waals surface area (Å²) in [5.74, 6) is -5.03. The van der Waals surface area contributed by atoms with E-state index in [0.29, 0.717) is 6.54 Å². The number of hydrogen-bond donors (Lipinski definition) is 3. The second-order valence-corrected chi connectivity index (χ2v) is 5.09. The maximum atomic E-state index is 13.4. The Balaban J connectivity index is 2.41. The number of carbonyl (C=O) groups excluding carboxylic acids is 1. The highest BCUT2D eigenvalue weighted by molar-refractivity contribution is 7.80. The van der Waals surface area contributed by atoms with Crippen molar-refractivity contribution in [1.82, 2.24) is 15.5 Å². The Morgan fingerprint density at radius 3 is 2.50 bits per heavy atom. The number of amides is 1. The van der Waals surface area contributed by atoms with Crippen LogP contribution in [-0.2, 0) is 4.79 Å². The van der Waals surface area contributed by atoms with Crippen LogP contribution in [0.5, 0.6) is 0 Å². The maximum absolute atomic E-state index is 13.4. The smallest absolute Gasteiger partial charge is 0.243 e. The first-order valence-corrected chi connectivity index (χ1v) is 6.82. The first-order valence-electron chi connectivity index (χ1n) is 6.41. The molecule has 0 saturated carbocycles. The molecule has 1 aromatic carbocycles. The number of halogens is 3. The van der Waals surface area contributed by atoms with Crippen LogP contribution in [0.25, 0.3) is 0 Å². The van der Waals surface area contributed by atoms with Gasteiger partial charge in [-0.2, -0.15) is 0 Å². The van der Waals surface area contributed by atoms with Crippen LogP contribution < -0.4 is 16.0 Å². The second kappa shape index (κ2) is 8.54. The lowest BCUT2D eigenvalue weighted by Gasteiger charge is -2.13. The van der Waals surface area contributed by atoms with Crippen molar-refractivity contribution in [3.63, 3.8) is 0 Å². The second-order valence-electron chi connectivity index (χ2n) is 4.68. The summed E-state index contributed by atoms with van der Waals surface area (Å²) in [6, 6.07) is 1.67. The average molecular weight is 334 g/mol. The monoisotopic (exact) mass is 334 g/mol. The quantitative estimate of drug-likeness (QED) is 0.537. The van der Waals surface area contributed by atoms with Gasteiger partial charge in [0.1, 0.15) is 0 Å². The van der Waals surface area contributed by atoms with Gasteiger partial charge in [0.25, 0.3) is 0 Å². The average Bonchev–Trinajstić information content (AvgIpc) is 2.45. The van der Waals surface area contributed by atoms with Gasteiger partial charge in [0.15, 0.2) is 22.6 Å². The molecule has 5 nitrogen and oxygen atoms in total. The van der Waals surface area contributed by atoms with Crippen LogP contribution in [0.1, 0.15) is 0 Å². The minimum atomic E-state index is -1.63. The van der Waals surface area contributed by atoms with E-state index in [1.54, 1.807) is 0 Å². The van der Waals surface area contributed by atoms with Crippen molar-refractivity contribution >= 4 is 28.9 Å². The van der Waals surface area contributed by atoms with Crippen LogP contribution in [0.15, 0.2) is 12.1 Å². The normalized spacial score (nSPS) is 10.5. The number of benzene rings is 1. The predicted octanol–water partition coefficient (Wildman–Crippen LogP) is 1.07. The van der Waals surface area contributed by atoms with E-state index in [2.05, 4.69) is 16.0 Å². The fourth-order valence-corrected chi connectivity index (χ4v) is 1.61. The van der Waals surface area contributed by atoms with Crippen LogP contribution in [0.2, 0.25) is 0 Å². The highest BCUT2D eigenvalue weighted by Crippen LogP contribution is 2.19. The van der Waals surface area contributed by atoms with Gasteiger partial charge >= 0.3 is 0 Å². The molecule has 0 aliphatic rings. The number of carbonyl (C=O) groups is 1. The summed E-state index contributed by atoms with van der Waals surface area (Å²) >= 11 is 4.95. The Morgan fingerprint density at radius 2 is 1.86 bits per heavy atom. The van der Waals surface area contributed by atoms with E-state index in [0.717, 1.165) is 18.7 Å². The molecule has 1 aromatic rings. The molecular weight excluding hydrogens is 317 g/mol. The summed E-state index contributed by atoms with van der Waals surface area (Å²) in [5.41, 5.74) is -0.433. The van der Waals surface area contributed by atoms with Crippen LogP contribution in [0.4, 0.5) is 18.9 Å². The van der Waals surface area contributed by atoms with Crippen molar-refractivity contribution in [3.05, 3.63) is 29.6 Å². The molecule has 0 aromatic heterocycles. The van der Waals surface area contributed by atoms with Gasteiger partial charge in [-0.25, -0.2) is 13.2 Å². The molecule has 0 spiro atoms. The summed E-state index contributed by atoms with van der Waals surface area (Å²) in [4.78, 5) is 13.5. The molecule has 1 amide bonds. The summed E-state index contributed by atoms with van der Waals surface area (Å²) in [6.45, 7) is 1.12. The first-order chi connectivity index (χ1) is 10.3. The lowest BCUT2D eigenvalue weighted by Crippen LogP contribution is -2.42. The number of thiocarbonyl (C=S) groups is 1. The summed E-state index contributed by atoms with van der Waals surface area (Å²) in [5, 5.41) is 7.89.